The molecule has 166 valence electrons. The van der Waals surface area contributed by atoms with Crippen LogP contribution in [0.1, 0.15) is 25.0 Å². The van der Waals surface area contributed by atoms with Crippen LogP contribution in [0.5, 0.6) is 0 Å². The third-order valence-electron chi connectivity index (χ3n) is 4.98. The van der Waals surface area contributed by atoms with Gasteiger partial charge in [-0.3, -0.25) is 4.79 Å². The largest absolute Gasteiger partial charge is 0.457 e. The minimum atomic E-state index is -0.724. The van der Waals surface area contributed by atoms with Crippen LogP contribution in [0.15, 0.2) is 73.3 Å². The molecule has 6 heteroatoms. The summed E-state index contributed by atoms with van der Waals surface area (Å²) in [6.45, 7) is 7.92. The van der Waals surface area contributed by atoms with Crippen molar-refractivity contribution < 1.29 is 28.5 Å². The standard InChI is InChI=1S/C25H30O6/c1-4-15-27-25-24(29-17-21-13-9-6-10-14-21)23(31-19(3)26)22(18(2)30-25)28-16-20-11-7-5-8-12-20/h4-14,18,22-25H,1,15-17H2,2-3H3/t18-,22+,23+,24-,25?/m0/s1. The van der Waals surface area contributed by atoms with E-state index in [-0.39, 0.29) is 12.7 Å². The Morgan fingerprint density at radius 2 is 1.45 bits per heavy atom. The smallest absolute Gasteiger partial charge is 0.303 e. The van der Waals surface area contributed by atoms with Gasteiger partial charge in [0.2, 0.25) is 0 Å². The van der Waals surface area contributed by atoms with Crippen LogP contribution in [0.4, 0.5) is 0 Å². The zero-order chi connectivity index (χ0) is 22.1. The molecule has 0 aliphatic carbocycles. The van der Waals surface area contributed by atoms with Gasteiger partial charge in [0.05, 0.1) is 25.9 Å². The highest BCUT2D eigenvalue weighted by Crippen LogP contribution is 2.30. The quantitative estimate of drug-likeness (QED) is 0.422. The van der Waals surface area contributed by atoms with Crippen molar-refractivity contribution in [3.05, 3.63) is 84.4 Å². The molecule has 5 atom stereocenters. The number of benzene rings is 2. The van der Waals surface area contributed by atoms with E-state index in [4.69, 9.17) is 23.7 Å². The minimum absolute atomic E-state index is 0.283. The molecule has 0 amide bonds. The average Bonchev–Trinajstić information content (AvgIpc) is 2.77. The molecule has 1 saturated heterocycles. The van der Waals surface area contributed by atoms with E-state index in [1.807, 2.05) is 67.6 Å². The van der Waals surface area contributed by atoms with Crippen LogP contribution in [0.2, 0.25) is 0 Å². The molecular weight excluding hydrogens is 396 g/mol. The summed E-state index contributed by atoms with van der Waals surface area (Å²) in [5, 5.41) is 0. The molecule has 1 fully saturated rings. The van der Waals surface area contributed by atoms with Crippen LogP contribution < -0.4 is 0 Å². The van der Waals surface area contributed by atoms with E-state index < -0.39 is 30.6 Å². The van der Waals surface area contributed by atoms with Gasteiger partial charge in [-0.05, 0) is 18.1 Å². The molecule has 6 nitrogen and oxygen atoms in total. The van der Waals surface area contributed by atoms with Crippen molar-refractivity contribution in [1.82, 2.24) is 0 Å². The Kier molecular flexibility index (Phi) is 8.79. The predicted molar refractivity (Wildman–Crippen MR) is 116 cm³/mol. The maximum absolute atomic E-state index is 11.9. The molecule has 31 heavy (non-hydrogen) atoms. The number of carbonyl (C=O) groups is 1. The third-order valence-corrected chi connectivity index (χ3v) is 4.98. The van der Waals surface area contributed by atoms with Crippen molar-refractivity contribution in [1.29, 1.82) is 0 Å². The third kappa shape index (κ3) is 6.74. The minimum Gasteiger partial charge on any atom is -0.457 e. The normalized spacial score (nSPS) is 25.7. The lowest BCUT2D eigenvalue weighted by atomic mass is 9.98. The Labute approximate surface area is 183 Å². The van der Waals surface area contributed by atoms with Crippen molar-refractivity contribution >= 4 is 5.97 Å². The van der Waals surface area contributed by atoms with Gasteiger partial charge < -0.3 is 23.7 Å². The summed E-state index contributed by atoms with van der Waals surface area (Å²) in [6.07, 6.45) is -1.34. The summed E-state index contributed by atoms with van der Waals surface area (Å²) in [7, 11) is 0. The van der Waals surface area contributed by atoms with E-state index in [0.29, 0.717) is 13.2 Å². The number of esters is 1. The lowest BCUT2D eigenvalue weighted by molar-refractivity contribution is -0.311. The van der Waals surface area contributed by atoms with Crippen molar-refractivity contribution in [2.45, 2.75) is 57.8 Å². The lowest BCUT2D eigenvalue weighted by Gasteiger charge is -2.44. The maximum Gasteiger partial charge on any atom is 0.303 e. The Bertz CT molecular complexity index is 809. The molecule has 0 spiro atoms. The van der Waals surface area contributed by atoms with Crippen LogP contribution in [-0.2, 0) is 41.7 Å². The Morgan fingerprint density at radius 1 is 0.903 bits per heavy atom. The molecule has 2 aromatic rings. The summed E-state index contributed by atoms with van der Waals surface area (Å²) in [5.41, 5.74) is 2.01. The molecule has 3 rings (SSSR count). The zero-order valence-corrected chi connectivity index (χ0v) is 18.0. The van der Waals surface area contributed by atoms with Gasteiger partial charge in [0.15, 0.2) is 12.4 Å². The van der Waals surface area contributed by atoms with Crippen molar-refractivity contribution in [3.63, 3.8) is 0 Å². The van der Waals surface area contributed by atoms with E-state index in [9.17, 15) is 4.79 Å². The van der Waals surface area contributed by atoms with Gasteiger partial charge in [-0.1, -0.05) is 66.7 Å². The van der Waals surface area contributed by atoms with Crippen LogP contribution in [0.25, 0.3) is 0 Å². The highest BCUT2D eigenvalue weighted by atomic mass is 16.7. The second kappa shape index (κ2) is 11.8. The predicted octanol–water partition coefficient (Wildman–Crippen LogP) is 4.04. The SMILES string of the molecule is C=CCOC1O[C@@H](C)[C@@H](OCc2ccccc2)[C@@H](OC(C)=O)[C@@H]1OCc1ccccc1. The molecular formula is C25H30O6. The maximum atomic E-state index is 11.9. The van der Waals surface area contributed by atoms with Crippen molar-refractivity contribution in [2.75, 3.05) is 6.61 Å². The summed E-state index contributed by atoms with van der Waals surface area (Å²) in [4.78, 5) is 11.9. The lowest BCUT2D eigenvalue weighted by Crippen LogP contribution is -2.60. The monoisotopic (exact) mass is 426 g/mol. The van der Waals surface area contributed by atoms with Gasteiger partial charge >= 0.3 is 5.97 Å². The highest BCUT2D eigenvalue weighted by molar-refractivity contribution is 5.66. The summed E-state index contributed by atoms with van der Waals surface area (Å²) in [5.74, 6) is -0.414. The average molecular weight is 427 g/mol. The Balaban J connectivity index is 1.80. The summed E-state index contributed by atoms with van der Waals surface area (Å²) in [6, 6.07) is 19.6. The van der Waals surface area contributed by atoms with Gasteiger partial charge in [-0.2, -0.15) is 0 Å². The number of hydrogen-bond acceptors (Lipinski definition) is 6. The number of rotatable bonds is 10. The second-order valence-electron chi connectivity index (χ2n) is 7.43. The van der Waals surface area contributed by atoms with E-state index in [1.165, 1.54) is 6.92 Å². The zero-order valence-electron chi connectivity index (χ0n) is 18.0. The molecule has 1 aliphatic heterocycles. The first-order valence-electron chi connectivity index (χ1n) is 10.4. The number of ether oxygens (including phenoxy) is 5. The first-order valence-corrected chi connectivity index (χ1v) is 10.4. The van der Waals surface area contributed by atoms with E-state index in [2.05, 4.69) is 6.58 Å². The molecule has 0 aromatic heterocycles. The Morgan fingerprint density at radius 3 is 1.97 bits per heavy atom. The first-order chi connectivity index (χ1) is 15.1. The van der Waals surface area contributed by atoms with Gasteiger partial charge in [-0.15, -0.1) is 6.58 Å². The Hall–Kier alpha value is -2.51. The molecule has 0 saturated carbocycles. The molecule has 0 bridgehead atoms. The first kappa shape index (κ1) is 23.2. The van der Waals surface area contributed by atoms with Crippen LogP contribution in [0.3, 0.4) is 0 Å². The van der Waals surface area contributed by atoms with Crippen molar-refractivity contribution in [2.24, 2.45) is 0 Å². The fraction of sp³-hybridized carbons (Fsp3) is 0.400. The van der Waals surface area contributed by atoms with Crippen molar-refractivity contribution in [3.8, 4) is 0 Å². The topological polar surface area (TPSA) is 63.2 Å². The van der Waals surface area contributed by atoms with Gasteiger partial charge in [0.1, 0.15) is 12.2 Å². The van der Waals surface area contributed by atoms with Gasteiger partial charge in [0.25, 0.3) is 0 Å². The highest BCUT2D eigenvalue weighted by Gasteiger charge is 2.48. The number of hydrogen-bond donors (Lipinski definition) is 0. The van der Waals surface area contributed by atoms with Crippen LogP contribution in [-0.4, -0.2) is 43.3 Å². The fourth-order valence-electron chi connectivity index (χ4n) is 3.54. The summed E-state index contributed by atoms with van der Waals surface area (Å²) < 4.78 is 30.0. The molecule has 1 unspecified atom stereocenters. The van der Waals surface area contributed by atoms with Gasteiger partial charge in [0, 0.05) is 6.92 Å². The summed E-state index contributed by atoms with van der Waals surface area (Å²) >= 11 is 0. The second-order valence-corrected chi connectivity index (χ2v) is 7.43. The van der Waals surface area contributed by atoms with Crippen LogP contribution >= 0.6 is 0 Å². The molecule has 2 aromatic carbocycles. The van der Waals surface area contributed by atoms with E-state index in [1.54, 1.807) is 6.08 Å². The fourth-order valence-corrected chi connectivity index (χ4v) is 3.54. The van der Waals surface area contributed by atoms with E-state index in [0.717, 1.165) is 11.1 Å². The van der Waals surface area contributed by atoms with Gasteiger partial charge in [-0.25, -0.2) is 0 Å². The van der Waals surface area contributed by atoms with Crippen LogP contribution in [0, 0.1) is 0 Å². The molecule has 1 heterocycles. The molecule has 0 radical (unpaired) electrons. The number of carbonyl (C=O) groups excluding carboxylic acids is 1. The molecule has 1 aliphatic rings. The van der Waals surface area contributed by atoms with E-state index >= 15 is 0 Å². The molecule has 0 N–H and O–H groups in total.